The minimum absolute atomic E-state index is 0.0805. The van der Waals surface area contributed by atoms with E-state index in [4.69, 9.17) is 0 Å². The van der Waals surface area contributed by atoms with Gasteiger partial charge in [0.25, 0.3) is 11.8 Å². The van der Waals surface area contributed by atoms with E-state index in [1.807, 2.05) is 30.3 Å². The lowest BCUT2D eigenvalue weighted by Crippen LogP contribution is -2.40. The molecule has 7 rings (SSSR count). The van der Waals surface area contributed by atoms with Crippen LogP contribution in [0.2, 0.25) is 0 Å². The van der Waals surface area contributed by atoms with E-state index in [1.54, 1.807) is 6.07 Å². The number of hydrogen-bond acceptors (Lipinski definition) is 4. The Kier molecular flexibility index (Phi) is 2.84. The minimum atomic E-state index is -0.255. The summed E-state index contributed by atoms with van der Waals surface area (Å²) < 4.78 is 0. The number of fused-ring (bicyclic) bond motifs is 1. The van der Waals surface area contributed by atoms with E-state index in [-0.39, 0.29) is 41.2 Å². The van der Waals surface area contributed by atoms with Crippen molar-refractivity contribution in [2.75, 3.05) is 0 Å². The molecule has 1 aliphatic heterocycles. The second kappa shape index (κ2) is 5.06. The van der Waals surface area contributed by atoms with E-state index in [2.05, 4.69) is 17.3 Å². The average Bonchev–Trinajstić information content (AvgIpc) is 3.47. The lowest BCUT2D eigenvalue weighted by atomic mass is 9.63. The maximum Gasteiger partial charge on any atom is 0.254 e. The molecule has 6 atom stereocenters. The fourth-order valence-corrected chi connectivity index (χ4v) is 5.59. The summed E-state index contributed by atoms with van der Waals surface area (Å²) in [6, 6.07) is 11.1. The molecule has 1 N–H and O–H groups in total. The number of phenolic OH excluding ortho intramolecular Hbond substituents is 1. The second-order valence-electron chi connectivity index (χ2n) is 8.11. The summed E-state index contributed by atoms with van der Waals surface area (Å²) in [7, 11) is 0. The molecule has 27 heavy (non-hydrogen) atoms. The Morgan fingerprint density at radius 3 is 2.33 bits per heavy atom. The SMILES string of the molecule is O=C1[C@@H]2[C@@H]3C=C[C@H]([C@H]4C[C@H]34)[C@@H]2C(=O)N1/N=C\c1c(O)ccc2ccccc12. The number of carbonyl (C=O) groups is 2. The van der Waals surface area contributed by atoms with Gasteiger partial charge in [-0.1, -0.05) is 42.5 Å². The lowest BCUT2D eigenvalue weighted by molar-refractivity contribution is -0.140. The van der Waals surface area contributed by atoms with Crippen LogP contribution < -0.4 is 0 Å². The highest BCUT2D eigenvalue weighted by atomic mass is 16.3. The van der Waals surface area contributed by atoms with Crippen LogP contribution in [0.25, 0.3) is 10.8 Å². The molecule has 1 saturated heterocycles. The molecule has 1 heterocycles. The fraction of sp³-hybridized carbons (Fsp3) is 0.318. The smallest absolute Gasteiger partial charge is 0.254 e. The first kappa shape index (κ1) is 15.1. The van der Waals surface area contributed by atoms with Crippen LogP contribution in [-0.2, 0) is 9.59 Å². The van der Waals surface area contributed by atoms with Gasteiger partial charge in [-0.05, 0) is 46.9 Å². The first-order chi connectivity index (χ1) is 13.1. The molecule has 3 fully saturated rings. The number of amides is 2. The number of benzene rings is 2. The van der Waals surface area contributed by atoms with Crippen molar-refractivity contribution in [1.82, 2.24) is 5.01 Å². The zero-order valence-electron chi connectivity index (χ0n) is 14.5. The van der Waals surface area contributed by atoms with Crippen molar-refractivity contribution in [3.05, 3.63) is 54.1 Å². The lowest BCUT2D eigenvalue weighted by Gasteiger charge is -2.37. The van der Waals surface area contributed by atoms with Gasteiger partial charge in [0, 0.05) is 5.56 Å². The van der Waals surface area contributed by atoms with E-state index < -0.39 is 0 Å². The summed E-state index contributed by atoms with van der Waals surface area (Å²) in [4.78, 5) is 25.9. The van der Waals surface area contributed by atoms with Crippen molar-refractivity contribution in [3.63, 3.8) is 0 Å². The third kappa shape index (κ3) is 1.91. The van der Waals surface area contributed by atoms with Crippen LogP contribution in [0.15, 0.2) is 53.7 Å². The van der Waals surface area contributed by atoms with Crippen molar-refractivity contribution in [1.29, 1.82) is 0 Å². The number of nitrogens with zero attached hydrogens (tertiary/aromatic N) is 2. The maximum absolute atomic E-state index is 13.0. The van der Waals surface area contributed by atoms with Crippen molar-refractivity contribution < 1.29 is 14.7 Å². The van der Waals surface area contributed by atoms with Crippen LogP contribution in [0.5, 0.6) is 5.75 Å². The van der Waals surface area contributed by atoms with Gasteiger partial charge in [-0.25, -0.2) is 0 Å². The average molecular weight is 358 g/mol. The third-order valence-corrected chi connectivity index (χ3v) is 6.89. The van der Waals surface area contributed by atoms with Gasteiger partial charge >= 0.3 is 0 Å². The largest absolute Gasteiger partial charge is 0.507 e. The molecule has 0 spiro atoms. The maximum atomic E-state index is 13.0. The molecule has 5 heteroatoms. The summed E-state index contributed by atoms with van der Waals surface area (Å²) in [5, 5.41) is 17.4. The third-order valence-electron chi connectivity index (χ3n) is 6.89. The molecule has 134 valence electrons. The molecule has 0 unspecified atom stereocenters. The number of phenols is 1. The Morgan fingerprint density at radius 2 is 1.63 bits per heavy atom. The topological polar surface area (TPSA) is 70.0 Å². The van der Waals surface area contributed by atoms with Crippen molar-refractivity contribution in [2.45, 2.75) is 6.42 Å². The molecule has 4 aliphatic carbocycles. The molecule has 0 aromatic heterocycles. The number of rotatable bonds is 2. The highest BCUT2D eigenvalue weighted by Gasteiger charge is 2.67. The fourth-order valence-electron chi connectivity index (χ4n) is 5.59. The van der Waals surface area contributed by atoms with Crippen LogP contribution in [0, 0.1) is 35.5 Å². The summed E-state index contributed by atoms with van der Waals surface area (Å²) in [5.74, 6) is 0.714. The van der Waals surface area contributed by atoms with Crippen LogP contribution in [0.3, 0.4) is 0 Å². The molecule has 2 amide bonds. The summed E-state index contributed by atoms with van der Waals surface area (Å²) >= 11 is 0. The Labute approximate surface area is 156 Å². The molecule has 2 bridgehead atoms. The first-order valence-electron chi connectivity index (χ1n) is 9.46. The Bertz CT molecular complexity index is 1040. The highest BCUT2D eigenvalue weighted by Crippen LogP contribution is 2.65. The van der Waals surface area contributed by atoms with Crippen LogP contribution in [-0.4, -0.2) is 28.1 Å². The molecule has 5 aliphatic rings. The Balaban J connectivity index is 1.38. The quantitative estimate of drug-likeness (QED) is 0.510. The van der Waals surface area contributed by atoms with Crippen LogP contribution >= 0.6 is 0 Å². The Morgan fingerprint density at radius 1 is 0.963 bits per heavy atom. The monoisotopic (exact) mass is 358 g/mol. The normalized spacial score (nSPS) is 35.9. The zero-order valence-corrected chi connectivity index (χ0v) is 14.5. The number of aromatic hydroxyl groups is 1. The predicted molar refractivity (Wildman–Crippen MR) is 99.8 cm³/mol. The van der Waals surface area contributed by atoms with Crippen LogP contribution in [0.4, 0.5) is 0 Å². The molecule has 2 saturated carbocycles. The van der Waals surface area contributed by atoms with Gasteiger partial charge in [0.2, 0.25) is 0 Å². The van der Waals surface area contributed by atoms with Gasteiger partial charge in [0.1, 0.15) is 5.75 Å². The van der Waals surface area contributed by atoms with E-state index in [0.717, 1.165) is 22.2 Å². The molecule has 2 aromatic rings. The van der Waals surface area contributed by atoms with Crippen molar-refractivity contribution in [3.8, 4) is 5.75 Å². The summed E-state index contributed by atoms with van der Waals surface area (Å²) in [5.41, 5.74) is 0.521. The highest BCUT2D eigenvalue weighted by molar-refractivity contribution is 6.08. The number of hydrogen-bond donors (Lipinski definition) is 1. The second-order valence-corrected chi connectivity index (χ2v) is 8.11. The molecular formula is C22H18N2O3. The number of carbonyl (C=O) groups excluding carboxylic acids is 2. The van der Waals surface area contributed by atoms with Crippen molar-refractivity contribution in [2.24, 2.45) is 40.6 Å². The molecule has 5 nitrogen and oxygen atoms in total. The van der Waals surface area contributed by atoms with E-state index in [1.165, 1.54) is 6.21 Å². The minimum Gasteiger partial charge on any atom is -0.507 e. The number of allylic oxidation sites excluding steroid dienone is 2. The van der Waals surface area contributed by atoms with Gasteiger partial charge < -0.3 is 5.11 Å². The first-order valence-corrected chi connectivity index (χ1v) is 9.46. The van der Waals surface area contributed by atoms with Crippen molar-refractivity contribution >= 4 is 28.8 Å². The molecule has 0 radical (unpaired) electrons. The van der Waals surface area contributed by atoms with Gasteiger partial charge in [-0.3, -0.25) is 9.59 Å². The predicted octanol–water partition coefficient (Wildman–Crippen LogP) is 2.93. The standard InChI is InChI=1S/C22H18N2O3/c25-18-8-5-11-3-1-2-4-12(11)17(18)10-23-24-21(26)19-13-6-7-14(16-9-15(13)16)20(19)22(24)27/h1-8,10,13-16,19-20,25H,9H2/b23-10-/t13-,14-,15-,16-,19-,20+/m1/s1. The summed E-state index contributed by atoms with van der Waals surface area (Å²) in [6.45, 7) is 0. The van der Waals surface area contributed by atoms with E-state index >= 15 is 0 Å². The Hall–Kier alpha value is -2.95. The molecular weight excluding hydrogens is 340 g/mol. The van der Waals surface area contributed by atoms with Gasteiger partial charge in [0.05, 0.1) is 18.1 Å². The van der Waals surface area contributed by atoms with Gasteiger partial charge in [-0.15, -0.1) is 0 Å². The number of imide groups is 1. The van der Waals surface area contributed by atoms with Gasteiger partial charge in [-0.2, -0.15) is 10.1 Å². The molecule has 2 aromatic carbocycles. The summed E-state index contributed by atoms with van der Waals surface area (Å²) in [6.07, 6.45) is 6.88. The van der Waals surface area contributed by atoms with Gasteiger partial charge in [0.15, 0.2) is 0 Å². The van der Waals surface area contributed by atoms with E-state index in [0.29, 0.717) is 17.4 Å². The van der Waals surface area contributed by atoms with E-state index in [9.17, 15) is 14.7 Å². The number of hydrazone groups is 1. The van der Waals surface area contributed by atoms with Crippen LogP contribution in [0.1, 0.15) is 12.0 Å². The zero-order chi connectivity index (χ0) is 18.3.